The first kappa shape index (κ1) is 20.1. The number of amides is 2. The van der Waals surface area contributed by atoms with Crippen LogP contribution in [0.2, 0.25) is 0 Å². The Morgan fingerprint density at radius 1 is 1.03 bits per heavy atom. The highest BCUT2D eigenvalue weighted by atomic mass is 79.9. The van der Waals surface area contributed by atoms with Crippen molar-refractivity contribution >= 4 is 38.6 Å². The zero-order chi connectivity index (χ0) is 21.3. The van der Waals surface area contributed by atoms with Gasteiger partial charge >= 0.3 is 0 Å². The van der Waals surface area contributed by atoms with Gasteiger partial charge in [-0.25, -0.2) is 4.98 Å². The number of phenols is 1. The number of rotatable bonds is 3. The molecule has 0 atom stereocenters. The second-order valence-corrected chi connectivity index (χ2v) is 7.94. The van der Waals surface area contributed by atoms with E-state index in [1.165, 1.54) is 17.0 Å². The zero-order valence-electron chi connectivity index (χ0n) is 16.0. The van der Waals surface area contributed by atoms with Gasteiger partial charge in [-0.2, -0.15) is 0 Å². The molecule has 1 aromatic heterocycles. The third kappa shape index (κ3) is 3.93. The summed E-state index contributed by atoms with van der Waals surface area (Å²) in [6.45, 7) is 1.33. The van der Waals surface area contributed by atoms with Crippen molar-refractivity contribution in [2.75, 3.05) is 26.2 Å². The number of aromatic hydroxyl groups is 1. The van der Waals surface area contributed by atoms with Crippen LogP contribution < -0.4 is 5.56 Å². The quantitative estimate of drug-likeness (QED) is 0.629. The molecule has 0 aliphatic carbocycles. The number of para-hydroxylation sites is 1. The number of hydrogen-bond acceptors (Lipinski definition) is 5. The fourth-order valence-corrected chi connectivity index (χ4v) is 3.83. The molecule has 2 aromatic carbocycles. The van der Waals surface area contributed by atoms with Crippen LogP contribution in [0.3, 0.4) is 0 Å². The van der Waals surface area contributed by atoms with Gasteiger partial charge in [-0.1, -0.05) is 28.1 Å². The van der Waals surface area contributed by atoms with Crippen LogP contribution in [0.4, 0.5) is 0 Å². The van der Waals surface area contributed by atoms with Gasteiger partial charge in [0.05, 0.1) is 22.8 Å². The fraction of sp³-hybridized carbons (Fsp3) is 0.238. The molecule has 154 valence electrons. The SMILES string of the molecule is O=C(Cn1cnc2ccc(Br)cc2c1=O)N1CCN(C(=O)c2ccccc2O)CC1. The largest absolute Gasteiger partial charge is 0.507 e. The molecule has 1 fully saturated rings. The maximum Gasteiger partial charge on any atom is 0.261 e. The molecule has 0 saturated carbocycles. The number of nitrogens with zero attached hydrogens (tertiary/aromatic N) is 4. The van der Waals surface area contributed by atoms with Gasteiger partial charge in [0.15, 0.2) is 0 Å². The lowest BCUT2D eigenvalue weighted by Gasteiger charge is -2.35. The summed E-state index contributed by atoms with van der Waals surface area (Å²) in [4.78, 5) is 45.5. The molecule has 2 heterocycles. The Hall–Kier alpha value is -3.20. The normalized spacial score (nSPS) is 14.2. The summed E-state index contributed by atoms with van der Waals surface area (Å²) in [5.74, 6) is -0.528. The number of carbonyl (C=O) groups excluding carboxylic acids is 2. The predicted molar refractivity (Wildman–Crippen MR) is 114 cm³/mol. The van der Waals surface area contributed by atoms with Gasteiger partial charge in [0.25, 0.3) is 11.5 Å². The smallest absolute Gasteiger partial charge is 0.261 e. The lowest BCUT2D eigenvalue weighted by molar-refractivity contribution is -0.133. The molecular weight excluding hydrogens is 452 g/mol. The van der Waals surface area contributed by atoms with Crippen LogP contribution in [0, 0.1) is 0 Å². The lowest BCUT2D eigenvalue weighted by Crippen LogP contribution is -2.51. The van der Waals surface area contributed by atoms with Gasteiger partial charge in [-0.05, 0) is 30.3 Å². The van der Waals surface area contributed by atoms with Gasteiger partial charge in [0, 0.05) is 30.7 Å². The molecular formula is C21H19BrN4O4. The highest BCUT2D eigenvalue weighted by Gasteiger charge is 2.26. The van der Waals surface area contributed by atoms with E-state index in [2.05, 4.69) is 20.9 Å². The number of benzene rings is 2. The van der Waals surface area contributed by atoms with Crippen molar-refractivity contribution in [1.82, 2.24) is 19.4 Å². The minimum Gasteiger partial charge on any atom is -0.507 e. The molecule has 1 aliphatic rings. The molecule has 1 saturated heterocycles. The summed E-state index contributed by atoms with van der Waals surface area (Å²) in [6.07, 6.45) is 1.38. The number of carbonyl (C=O) groups is 2. The van der Waals surface area contributed by atoms with Crippen LogP contribution in [-0.2, 0) is 11.3 Å². The van der Waals surface area contributed by atoms with Crippen molar-refractivity contribution < 1.29 is 14.7 Å². The van der Waals surface area contributed by atoms with Gasteiger partial charge < -0.3 is 14.9 Å². The first-order valence-corrected chi connectivity index (χ1v) is 10.2. The monoisotopic (exact) mass is 470 g/mol. The standard InChI is InChI=1S/C21H19BrN4O4/c22-14-5-6-17-16(11-14)21(30)26(13-23-17)12-19(28)24-7-9-25(10-8-24)20(29)15-3-1-2-4-18(15)27/h1-6,11,13,27H,7-10,12H2. The number of piperazine rings is 1. The molecule has 0 spiro atoms. The Labute approximate surface area is 180 Å². The van der Waals surface area contributed by atoms with Crippen LogP contribution in [0.15, 0.2) is 58.1 Å². The van der Waals surface area contributed by atoms with E-state index in [9.17, 15) is 19.5 Å². The van der Waals surface area contributed by atoms with Crippen LogP contribution in [0.25, 0.3) is 10.9 Å². The Balaban J connectivity index is 1.42. The van der Waals surface area contributed by atoms with Gasteiger partial charge in [-0.3, -0.25) is 19.0 Å². The van der Waals surface area contributed by atoms with Crippen molar-refractivity contribution in [3.05, 3.63) is 69.2 Å². The van der Waals surface area contributed by atoms with E-state index in [4.69, 9.17) is 0 Å². The first-order chi connectivity index (χ1) is 14.4. The third-order valence-corrected chi connectivity index (χ3v) is 5.64. The first-order valence-electron chi connectivity index (χ1n) is 9.44. The maximum absolute atomic E-state index is 12.7. The van der Waals surface area contributed by atoms with Gasteiger partial charge in [0.2, 0.25) is 5.91 Å². The van der Waals surface area contributed by atoms with Crippen LogP contribution in [0.1, 0.15) is 10.4 Å². The molecule has 0 radical (unpaired) electrons. The van der Waals surface area contributed by atoms with Crippen molar-refractivity contribution in [2.45, 2.75) is 6.54 Å². The molecule has 8 nitrogen and oxygen atoms in total. The summed E-state index contributed by atoms with van der Waals surface area (Å²) < 4.78 is 2.07. The van der Waals surface area contributed by atoms with Crippen molar-refractivity contribution in [3.63, 3.8) is 0 Å². The lowest BCUT2D eigenvalue weighted by atomic mass is 10.1. The summed E-state index contributed by atoms with van der Waals surface area (Å²) in [5, 5.41) is 10.3. The molecule has 1 aliphatic heterocycles. The van der Waals surface area contributed by atoms with Gasteiger partial charge in [0.1, 0.15) is 12.3 Å². The Kier molecular flexibility index (Phi) is 5.54. The Morgan fingerprint density at radius 3 is 2.47 bits per heavy atom. The van der Waals surface area contributed by atoms with E-state index in [0.29, 0.717) is 37.1 Å². The minimum atomic E-state index is -0.275. The molecule has 30 heavy (non-hydrogen) atoms. The van der Waals surface area contributed by atoms with Crippen LogP contribution >= 0.6 is 15.9 Å². The number of fused-ring (bicyclic) bond motifs is 1. The molecule has 0 bridgehead atoms. The Morgan fingerprint density at radius 2 is 1.73 bits per heavy atom. The third-order valence-electron chi connectivity index (χ3n) is 5.15. The van der Waals surface area contributed by atoms with E-state index in [-0.39, 0.29) is 35.2 Å². The van der Waals surface area contributed by atoms with Crippen molar-refractivity contribution in [2.24, 2.45) is 0 Å². The van der Waals surface area contributed by atoms with Gasteiger partial charge in [-0.15, -0.1) is 0 Å². The van der Waals surface area contributed by atoms with E-state index >= 15 is 0 Å². The molecule has 0 unspecified atom stereocenters. The molecule has 1 N–H and O–H groups in total. The van der Waals surface area contributed by atoms with Crippen molar-refractivity contribution in [3.8, 4) is 5.75 Å². The average Bonchev–Trinajstić information content (AvgIpc) is 2.76. The number of hydrogen-bond donors (Lipinski definition) is 1. The highest BCUT2D eigenvalue weighted by Crippen LogP contribution is 2.19. The average molecular weight is 471 g/mol. The highest BCUT2D eigenvalue weighted by molar-refractivity contribution is 9.10. The van der Waals surface area contributed by atoms with E-state index in [0.717, 1.165) is 4.47 Å². The van der Waals surface area contributed by atoms with Crippen molar-refractivity contribution in [1.29, 1.82) is 0 Å². The predicted octanol–water partition coefficient (Wildman–Crippen LogP) is 1.85. The molecule has 4 rings (SSSR count). The van der Waals surface area contributed by atoms with E-state index < -0.39 is 0 Å². The number of aromatic nitrogens is 2. The number of phenolic OH excluding ortho intramolecular Hbond substituents is 1. The molecule has 3 aromatic rings. The Bertz CT molecular complexity index is 1190. The number of halogens is 1. The summed E-state index contributed by atoms with van der Waals surface area (Å²) in [7, 11) is 0. The maximum atomic E-state index is 12.7. The summed E-state index contributed by atoms with van der Waals surface area (Å²) in [6, 6.07) is 11.6. The summed E-state index contributed by atoms with van der Waals surface area (Å²) >= 11 is 3.34. The fourth-order valence-electron chi connectivity index (χ4n) is 3.47. The van der Waals surface area contributed by atoms with E-state index in [1.807, 2.05) is 0 Å². The molecule has 2 amide bonds. The topological polar surface area (TPSA) is 95.7 Å². The zero-order valence-corrected chi connectivity index (χ0v) is 17.6. The second-order valence-electron chi connectivity index (χ2n) is 7.03. The molecule has 9 heteroatoms. The van der Waals surface area contributed by atoms with Crippen LogP contribution in [-0.4, -0.2) is 62.5 Å². The minimum absolute atomic E-state index is 0.0594. The van der Waals surface area contributed by atoms with E-state index in [1.54, 1.807) is 46.2 Å². The van der Waals surface area contributed by atoms with Crippen LogP contribution in [0.5, 0.6) is 5.75 Å². The second kappa shape index (κ2) is 8.27. The summed E-state index contributed by atoms with van der Waals surface area (Å²) in [5.41, 5.74) is 0.545.